The van der Waals surface area contributed by atoms with Crippen molar-refractivity contribution in [2.45, 2.75) is 25.6 Å². The second kappa shape index (κ2) is 3.51. The number of rotatable bonds is 2. The second-order valence-electron chi connectivity index (χ2n) is 2.10. The molecule has 0 spiro atoms. The lowest BCUT2D eigenvalue weighted by Crippen LogP contribution is -2.19. The zero-order valence-electron chi connectivity index (χ0n) is 5.51. The molecule has 0 aromatic heterocycles. The highest BCUT2D eigenvalue weighted by Crippen LogP contribution is 2.13. The van der Waals surface area contributed by atoms with Gasteiger partial charge in [-0.1, -0.05) is 6.58 Å². The topological polar surface area (TPSA) is 18.5 Å². The second-order valence-corrected chi connectivity index (χ2v) is 2.10. The summed E-state index contributed by atoms with van der Waals surface area (Å²) in [5.74, 6) is 0. The zero-order valence-corrected chi connectivity index (χ0v) is 5.51. The van der Waals surface area contributed by atoms with Crippen molar-refractivity contribution in [3.8, 4) is 0 Å². The predicted octanol–water partition coefficient (Wildman–Crippen LogP) is 1.67. The zero-order chi connectivity index (χ0) is 6.53. The molecule has 0 bridgehead atoms. The molecule has 0 amide bonds. The average molecular weight is 128 g/mol. The van der Waals surface area contributed by atoms with Gasteiger partial charge in [0.25, 0.3) is 0 Å². The van der Waals surface area contributed by atoms with Gasteiger partial charge in [-0.15, -0.1) is 0 Å². The Morgan fingerprint density at radius 1 is 1.56 bits per heavy atom. The molecule has 0 N–H and O–H groups in total. The predicted molar refractivity (Wildman–Crippen MR) is 34.9 cm³/mol. The Morgan fingerprint density at radius 2 is 2.44 bits per heavy atom. The molecule has 1 atom stereocenters. The van der Waals surface area contributed by atoms with Crippen molar-refractivity contribution >= 4 is 0 Å². The molecule has 0 aromatic carbocycles. The van der Waals surface area contributed by atoms with Gasteiger partial charge >= 0.3 is 0 Å². The Kier molecular flexibility index (Phi) is 2.58. The van der Waals surface area contributed by atoms with E-state index in [1.54, 1.807) is 0 Å². The first kappa shape index (κ1) is 6.62. The summed E-state index contributed by atoms with van der Waals surface area (Å²) in [4.78, 5) is 0. The lowest BCUT2D eigenvalue weighted by Gasteiger charge is -2.21. The lowest BCUT2D eigenvalue weighted by molar-refractivity contribution is -0.129. The molecule has 2 nitrogen and oxygen atoms in total. The van der Waals surface area contributed by atoms with E-state index in [9.17, 15) is 0 Å². The Bertz CT molecular complexity index is 84.9. The summed E-state index contributed by atoms with van der Waals surface area (Å²) < 4.78 is 10.2. The standard InChI is InChI=1S/C7H12O2/c1-2-8-7-5-3-4-6-9-7/h2,7H,1,3-6H2/t7-/m1/s1. The van der Waals surface area contributed by atoms with Crippen LogP contribution in [0.15, 0.2) is 12.8 Å². The highest BCUT2D eigenvalue weighted by atomic mass is 16.7. The normalized spacial score (nSPS) is 27.3. The van der Waals surface area contributed by atoms with Crippen LogP contribution in [0.3, 0.4) is 0 Å². The van der Waals surface area contributed by atoms with Crippen LogP contribution in [-0.4, -0.2) is 12.9 Å². The quantitative estimate of drug-likeness (QED) is 0.527. The third-order valence-electron chi connectivity index (χ3n) is 1.39. The molecule has 0 aromatic rings. The summed E-state index contributed by atoms with van der Waals surface area (Å²) in [6.07, 6.45) is 4.80. The summed E-state index contributed by atoms with van der Waals surface area (Å²) in [5, 5.41) is 0. The van der Waals surface area contributed by atoms with Crippen molar-refractivity contribution in [1.82, 2.24) is 0 Å². The fourth-order valence-electron chi connectivity index (χ4n) is 0.926. The van der Waals surface area contributed by atoms with Gasteiger partial charge in [-0.3, -0.25) is 0 Å². The Morgan fingerprint density at radius 3 is 3.00 bits per heavy atom. The van der Waals surface area contributed by atoms with Gasteiger partial charge in [0.05, 0.1) is 12.9 Å². The maximum Gasteiger partial charge on any atom is 0.198 e. The van der Waals surface area contributed by atoms with Crippen molar-refractivity contribution < 1.29 is 9.47 Å². The summed E-state index contributed by atoms with van der Waals surface area (Å²) in [7, 11) is 0. The van der Waals surface area contributed by atoms with Crippen molar-refractivity contribution in [3.63, 3.8) is 0 Å². The summed E-state index contributed by atoms with van der Waals surface area (Å²) in [5.41, 5.74) is 0. The SMILES string of the molecule is C=CO[C@H]1CCCCO1. The van der Waals surface area contributed by atoms with Crippen molar-refractivity contribution in [3.05, 3.63) is 12.8 Å². The van der Waals surface area contributed by atoms with Crippen LogP contribution in [0.5, 0.6) is 0 Å². The minimum Gasteiger partial charge on any atom is -0.473 e. The van der Waals surface area contributed by atoms with Gasteiger partial charge in [0, 0.05) is 6.42 Å². The first-order chi connectivity index (χ1) is 4.43. The molecule has 1 rings (SSSR count). The van der Waals surface area contributed by atoms with E-state index in [0.717, 1.165) is 19.4 Å². The smallest absolute Gasteiger partial charge is 0.198 e. The third-order valence-corrected chi connectivity index (χ3v) is 1.39. The summed E-state index contributed by atoms with van der Waals surface area (Å²) in [6.45, 7) is 4.28. The molecule has 1 aliphatic heterocycles. The van der Waals surface area contributed by atoms with Gasteiger partial charge in [0.15, 0.2) is 6.29 Å². The minimum atomic E-state index is -0.0174. The number of hydrogen-bond donors (Lipinski definition) is 0. The van der Waals surface area contributed by atoms with Crippen LogP contribution in [0.2, 0.25) is 0 Å². The van der Waals surface area contributed by atoms with Gasteiger partial charge in [-0.25, -0.2) is 0 Å². The Balaban J connectivity index is 2.15. The molecule has 2 heteroatoms. The number of hydrogen-bond acceptors (Lipinski definition) is 2. The molecule has 0 aliphatic carbocycles. The third kappa shape index (κ3) is 2.06. The average Bonchev–Trinajstić information content (AvgIpc) is 1.91. The lowest BCUT2D eigenvalue weighted by atomic mass is 10.2. The maximum absolute atomic E-state index is 5.22. The van der Waals surface area contributed by atoms with E-state index in [2.05, 4.69) is 6.58 Å². The largest absolute Gasteiger partial charge is 0.473 e. The molecule has 0 radical (unpaired) electrons. The van der Waals surface area contributed by atoms with Gasteiger partial charge in [0.1, 0.15) is 0 Å². The molecule has 1 heterocycles. The molecular weight excluding hydrogens is 116 g/mol. The van der Waals surface area contributed by atoms with Crippen LogP contribution in [0, 0.1) is 0 Å². The minimum absolute atomic E-state index is 0.0174. The van der Waals surface area contributed by atoms with E-state index in [4.69, 9.17) is 9.47 Å². The van der Waals surface area contributed by atoms with E-state index in [-0.39, 0.29) is 6.29 Å². The molecular formula is C7H12O2. The van der Waals surface area contributed by atoms with E-state index >= 15 is 0 Å². The van der Waals surface area contributed by atoms with Gasteiger partial charge < -0.3 is 9.47 Å². The van der Waals surface area contributed by atoms with Crippen LogP contribution < -0.4 is 0 Å². The van der Waals surface area contributed by atoms with Crippen molar-refractivity contribution in [2.24, 2.45) is 0 Å². The molecule has 9 heavy (non-hydrogen) atoms. The van der Waals surface area contributed by atoms with Crippen LogP contribution in [0.25, 0.3) is 0 Å². The van der Waals surface area contributed by atoms with Crippen LogP contribution in [0.1, 0.15) is 19.3 Å². The summed E-state index contributed by atoms with van der Waals surface area (Å²) in [6, 6.07) is 0. The van der Waals surface area contributed by atoms with Gasteiger partial charge in [0.2, 0.25) is 0 Å². The van der Waals surface area contributed by atoms with Crippen LogP contribution in [0.4, 0.5) is 0 Å². The molecule has 1 aliphatic rings. The molecule has 0 saturated carbocycles. The van der Waals surface area contributed by atoms with Gasteiger partial charge in [-0.2, -0.15) is 0 Å². The van der Waals surface area contributed by atoms with Gasteiger partial charge in [-0.05, 0) is 12.8 Å². The fraction of sp³-hybridized carbons (Fsp3) is 0.714. The first-order valence-corrected chi connectivity index (χ1v) is 3.31. The molecule has 52 valence electrons. The molecule has 1 fully saturated rings. The number of ether oxygens (including phenoxy) is 2. The fourth-order valence-corrected chi connectivity index (χ4v) is 0.926. The van der Waals surface area contributed by atoms with Crippen LogP contribution in [-0.2, 0) is 9.47 Å². The van der Waals surface area contributed by atoms with Crippen LogP contribution >= 0.6 is 0 Å². The molecule has 0 unspecified atom stereocenters. The Labute approximate surface area is 55.5 Å². The van der Waals surface area contributed by atoms with E-state index in [1.165, 1.54) is 12.7 Å². The monoisotopic (exact) mass is 128 g/mol. The van der Waals surface area contributed by atoms with Crippen molar-refractivity contribution in [2.75, 3.05) is 6.61 Å². The van der Waals surface area contributed by atoms with E-state index in [0.29, 0.717) is 0 Å². The Hall–Kier alpha value is -0.500. The van der Waals surface area contributed by atoms with E-state index in [1.807, 2.05) is 0 Å². The summed E-state index contributed by atoms with van der Waals surface area (Å²) >= 11 is 0. The first-order valence-electron chi connectivity index (χ1n) is 3.31. The molecule has 1 saturated heterocycles. The van der Waals surface area contributed by atoms with Crippen molar-refractivity contribution in [1.29, 1.82) is 0 Å². The van der Waals surface area contributed by atoms with E-state index < -0.39 is 0 Å². The highest BCUT2D eigenvalue weighted by molar-refractivity contribution is 4.58. The maximum atomic E-state index is 5.22. The highest BCUT2D eigenvalue weighted by Gasteiger charge is 2.11.